The summed E-state index contributed by atoms with van der Waals surface area (Å²) in [6.07, 6.45) is -2.29. The van der Waals surface area contributed by atoms with E-state index in [4.69, 9.17) is 16.3 Å². The molecule has 0 bridgehead atoms. The van der Waals surface area contributed by atoms with Crippen molar-refractivity contribution in [1.82, 2.24) is 9.97 Å². The molecule has 0 atom stereocenters. The molecule has 11 heteroatoms. The van der Waals surface area contributed by atoms with Gasteiger partial charge in [-0.05, 0) is 30.3 Å². The summed E-state index contributed by atoms with van der Waals surface area (Å²) in [6.45, 7) is 0. The predicted octanol–water partition coefficient (Wildman–Crippen LogP) is 5.72. The van der Waals surface area contributed by atoms with E-state index in [0.717, 1.165) is 6.07 Å². The fourth-order valence-electron chi connectivity index (χ4n) is 2.17. The van der Waals surface area contributed by atoms with Crippen LogP contribution in [-0.4, -0.2) is 16.0 Å². The number of hydrogen-bond donors (Lipinski definition) is 2. The number of carbonyl (C=O) groups excluding carboxylic acids is 1. The van der Waals surface area contributed by atoms with E-state index >= 15 is 0 Å². The third-order valence-corrected chi connectivity index (χ3v) is 3.78. The largest absolute Gasteiger partial charge is 0.421 e. The number of aromatic nitrogens is 2. The normalized spacial score (nSPS) is 11.1. The Balaban J connectivity index is 1.63. The highest BCUT2D eigenvalue weighted by Crippen LogP contribution is 2.36. The van der Waals surface area contributed by atoms with Gasteiger partial charge >= 0.3 is 18.2 Å². The molecule has 0 saturated heterocycles. The van der Waals surface area contributed by atoms with E-state index in [-0.39, 0.29) is 23.1 Å². The summed E-state index contributed by atoms with van der Waals surface area (Å²) < 4.78 is 57.3. The molecule has 0 aliphatic rings. The summed E-state index contributed by atoms with van der Waals surface area (Å²) in [5, 5.41) is 4.11. The van der Waals surface area contributed by atoms with Crippen molar-refractivity contribution in [3.63, 3.8) is 0 Å². The Morgan fingerprint density at radius 2 is 1.66 bits per heavy atom. The number of halogens is 5. The first-order valence-electron chi connectivity index (χ1n) is 7.91. The number of anilines is 2. The number of urea groups is 1. The van der Waals surface area contributed by atoms with Gasteiger partial charge in [0.25, 0.3) is 0 Å². The number of alkyl halides is 3. The molecule has 0 radical (unpaired) electrons. The molecule has 6 nitrogen and oxygen atoms in total. The second-order valence-electron chi connectivity index (χ2n) is 5.56. The van der Waals surface area contributed by atoms with Gasteiger partial charge in [0.15, 0.2) is 11.6 Å². The van der Waals surface area contributed by atoms with Crippen LogP contribution >= 0.6 is 11.6 Å². The Bertz CT molecular complexity index is 1030. The van der Waals surface area contributed by atoms with Crippen LogP contribution in [0.4, 0.5) is 33.7 Å². The van der Waals surface area contributed by atoms with E-state index in [2.05, 4.69) is 20.6 Å². The second kappa shape index (κ2) is 8.31. The van der Waals surface area contributed by atoms with Crippen molar-refractivity contribution in [3.05, 3.63) is 71.3 Å². The molecule has 2 aromatic carbocycles. The Morgan fingerprint density at radius 3 is 2.31 bits per heavy atom. The molecule has 29 heavy (non-hydrogen) atoms. The van der Waals surface area contributed by atoms with Crippen LogP contribution in [0.1, 0.15) is 5.56 Å². The van der Waals surface area contributed by atoms with Gasteiger partial charge in [0.05, 0.1) is 28.7 Å². The van der Waals surface area contributed by atoms with Crippen molar-refractivity contribution >= 4 is 29.0 Å². The number of para-hydroxylation sites is 1. The Kier molecular flexibility index (Phi) is 5.83. The van der Waals surface area contributed by atoms with Crippen LogP contribution < -0.4 is 15.4 Å². The monoisotopic (exact) mass is 426 g/mol. The van der Waals surface area contributed by atoms with Gasteiger partial charge in [-0.15, -0.1) is 0 Å². The molecule has 1 aromatic heterocycles. The zero-order valence-corrected chi connectivity index (χ0v) is 15.1. The van der Waals surface area contributed by atoms with Crippen LogP contribution in [0.2, 0.25) is 5.02 Å². The number of ether oxygens (including phenoxy) is 1. The maximum atomic E-state index is 13.5. The van der Waals surface area contributed by atoms with Crippen LogP contribution in [0.3, 0.4) is 0 Å². The summed E-state index contributed by atoms with van der Waals surface area (Å²) in [7, 11) is 0. The standard InChI is InChI=1S/C18H11ClF4N4O2/c19-13-6-5-10(7-12(13)18(21,22)23)26-16(28)27-11-8-24-17(25-9-11)29-15-4-2-1-3-14(15)20/h1-9H,(H2,26,27,28). The molecule has 0 spiro atoms. The highest BCUT2D eigenvalue weighted by Gasteiger charge is 2.33. The first-order valence-corrected chi connectivity index (χ1v) is 8.29. The third kappa shape index (κ3) is 5.32. The molecular weight excluding hydrogens is 416 g/mol. The minimum absolute atomic E-state index is 0.0749. The van der Waals surface area contributed by atoms with Gasteiger partial charge in [-0.3, -0.25) is 0 Å². The van der Waals surface area contributed by atoms with Gasteiger partial charge < -0.3 is 15.4 Å². The molecule has 0 saturated carbocycles. The smallest absolute Gasteiger partial charge is 0.417 e. The summed E-state index contributed by atoms with van der Waals surface area (Å²) in [6, 6.07) is 7.63. The average Bonchev–Trinajstić information content (AvgIpc) is 2.66. The molecule has 0 aliphatic carbocycles. The molecule has 0 aliphatic heterocycles. The van der Waals surface area contributed by atoms with Crippen LogP contribution in [0.25, 0.3) is 0 Å². The van der Waals surface area contributed by atoms with Crippen molar-refractivity contribution in [3.8, 4) is 11.8 Å². The maximum absolute atomic E-state index is 13.5. The lowest BCUT2D eigenvalue weighted by Crippen LogP contribution is -2.20. The molecule has 1 heterocycles. The van der Waals surface area contributed by atoms with Gasteiger partial charge in [0, 0.05) is 5.69 Å². The van der Waals surface area contributed by atoms with Crippen molar-refractivity contribution < 1.29 is 27.1 Å². The van der Waals surface area contributed by atoms with Gasteiger partial charge in [-0.25, -0.2) is 19.2 Å². The fourth-order valence-corrected chi connectivity index (χ4v) is 2.40. The van der Waals surface area contributed by atoms with E-state index in [1.807, 2.05) is 0 Å². The number of nitrogens with one attached hydrogen (secondary N) is 2. The number of nitrogens with zero attached hydrogens (tertiary/aromatic N) is 2. The predicted molar refractivity (Wildman–Crippen MR) is 97.6 cm³/mol. The Labute approximate surface area is 166 Å². The van der Waals surface area contributed by atoms with E-state index in [1.54, 1.807) is 6.07 Å². The number of hydrogen-bond acceptors (Lipinski definition) is 4. The summed E-state index contributed by atoms with van der Waals surface area (Å²) in [5.74, 6) is -0.673. The molecule has 2 amide bonds. The zero-order chi connectivity index (χ0) is 21.0. The van der Waals surface area contributed by atoms with Crippen LogP contribution in [0, 0.1) is 5.82 Å². The van der Waals surface area contributed by atoms with Crippen LogP contribution in [0.15, 0.2) is 54.9 Å². The average molecular weight is 427 g/mol. The zero-order valence-electron chi connectivity index (χ0n) is 14.3. The van der Waals surface area contributed by atoms with Gasteiger partial charge in [-0.2, -0.15) is 13.2 Å². The lowest BCUT2D eigenvalue weighted by Gasteiger charge is -2.12. The van der Waals surface area contributed by atoms with E-state index in [9.17, 15) is 22.4 Å². The molecular formula is C18H11ClF4N4O2. The minimum Gasteiger partial charge on any atom is -0.421 e. The Hall–Kier alpha value is -3.40. The second-order valence-corrected chi connectivity index (χ2v) is 5.97. The number of amides is 2. The van der Waals surface area contributed by atoms with Crippen molar-refractivity contribution in [1.29, 1.82) is 0 Å². The number of rotatable bonds is 4. The molecule has 2 N–H and O–H groups in total. The molecule has 0 unspecified atom stereocenters. The van der Waals surface area contributed by atoms with E-state index in [0.29, 0.717) is 6.07 Å². The molecule has 3 aromatic rings. The topological polar surface area (TPSA) is 76.1 Å². The number of carbonyl (C=O) groups is 1. The van der Waals surface area contributed by atoms with Gasteiger partial charge in [0.1, 0.15) is 0 Å². The highest BCUT2D eigenvalue weighted by molar-refractivity contribution is 6.31. The lowest BCUT2D eigenvalue weighted by molar-refractivity contribution is -0.137. The van der Waals surface area contributed by atoms with Crippen LogP contribution in [0.5, 0.6) is 11.8 Å². The van der Waals surface area contributed by atoms with Gasteiger partial charge in [0.2, 0.25) is 0 Å². The SMILES string of the molecule is O=C(Nc1cnc(Oc2ccccc2F)nc1)Nc1ccc(Cl)c(C(F)(F)F)c1. The lowest BCUT2D eigenvalue weighted by atomic mass is 10.2. The van der Waals surface area contributed by atoms with Crippen LogP contribution in [-0.2, 0) is 6.18 Å². The molecule has 3 rings (SSSR count). The minimum atomic E-state index is -4.66. The molecule has 150 valence electrons. The Morgan fingerprint density at radius 1 is 1.00 bits per heavy atom. The van der Waals surface area contributed by atoms with Crippen molar-refractivity contribution in [2.45, 2.75) is 6.18 Å². The van der Waals surface area contributed by atoms with E-state index in [1.165, 1.54) is 36.7 Å². The van der Waals surface area contributed by atoms with Gasteiger partial charge in [-0.1, -0.05) is 23.7 Å². The quantitative estimate of drug-likeness (QED) is 0.523. The summed E-state index contributed by atoms with van der Waals surface area (Å²) in [5.41, 5.74) is -1.05. The summed E-state index contributed by atoms with van der Waals surface area (Å²) >= 11 is 5.53. The maximum Gasteiger partial charge on any atom is 0.417 e. The number of benzene rings is 2. The fraction of sp³-hybridized carbons (Fsp3) is 0.0556. The first kappa shape index (κ1) is 20.3. The molecule has 0 fully saturated rings. The third-order valence-electron chi connectivity index (χ3n) is 3.45. The highest BCUT2D eigenvalue weighted by atomic mass is 35.5. The first-order chi connectivity index (χ1) is 13.7. The van der Waals surface area contributed by atoms with Crippen molar-refractivity contribution in [2.24, 2.45) is 0 Å². The summed E-state index contributed by atoms with van der Waals surface area (Å²) in [4.78, 5) is 19.6. The van der Waals surface area contributed by atoms with E-state index < -0.39 is 28.6 Å². The van der Waals surface area contributed by atoms with Crippen molar-refractivity contribution in [2.75, 3.05) is 10.6 Å².